The normalized spacial score (nSPS) is 14.3. The number of hydrogen-bond donors (Lipinski definition) is 4. The molecule has 1 aliphatic carbocycles. The Kier molecular flexibility index (Phi) is 4.82. The van der Waals surface area contributed by atoms with E-state index in [0.29, 0.717) is 22.3 Å². The van der Waals surface area contributed by atoms with Gasteiger partial charge in [0.2, 0.25) is 0 Å². The van der Waals surface area contributed by atoms with Crippen LogP contribution in [0, 0.1) is 0 Å². The molecule has 3 aromatic heterocycles. The highest BCUT2D eigenvalue weighted by Crippen LogP contribution is 2.40. The lowest BCUT2D eigenvalue weighted by Crippen LogP contribution is -2.22. The van der Waals surface area contributed by atoms with Crippen LogP contribution in [-0.2, 0) is 10.3 Å². The maximum Gasteiger partial charge on any atom is 0.271 e. The molecule has 0 amide bonds. The van der Waals surface area contributed by atoms with Crippen molar-refractivity contribution in [1.82, 2.24) is 30.4 Å². The molecule has 9 nitrogen and oxygen atoms in total. The van der Waals surface area contributed by atoms with E-state index < -0.39 is 5.60 Å². The zero-order valence-corrected chi connectivity index (χ0v) is 18.3. The Morgan fingerprint density at radius 1 is 1.13 bits per heavy atom. The molecule has 0 bridgehead atoms. The summed E-state index contributed by atoms with van der Waals surface area (Å²) in [5.74, 6) is 1.96. The quantitative estimate of drug-likeness (QED) is 0.322. The summed E-state index contributed by atoms with van der Waals surface area (Å²) in [6.07, 6.45) is 2.41. The minimum Gasteiger partial charge on any atom is -0.373 e. The standard InChI is InChI=1S/C21H23N7O2S/c1-21(2,30-3)16-10-17(23-18-9-14(25-27-18)11-4-5-11)24-20(22-16)31-12-6-7-13-15(8-12)26-28-19(13)29/h6-11H,4-5H2,1-3H3,(H2,26,28,29)(H2,22,23,24,25,27). The van der Waals surface area contributed by atoms with Crippen molar-refractivity contribution in [3.63, 3.8) is 0 Å². The van der Waals surface area contributed by atoms with Crippen molar-refractivity contribution in [1.29, 1.82) is 0 Å². The second-order valence-corrected chi connectivity index (χ2v) is 9.17. The van der Waals surface area contributed by atoms with Crippen LogP contribution in [0.25, 0.3) is 10.9 Å². The molecule has 0 spiro atoms. The summed E-state index contributed by atoms with van der Waals surface area (Å²) in [6.45, 7) is 3.92. The molecule has 0 unspecified atom stereocenters. The maximum absolute atomic E-state index is 11.8. The highest BCUT2D eigenvalue weighted by molar-refractivity contribution is 7.99. The van der Waals surface area contributed by atoms with Crippen molar-refractivity contribution in [2.45, 2.75) is 48.3 Å². The molecule has 1 fully saturated rings. The first kappa shape index (κ1) is 19.8. The number of nitrogens with one attached hydrogen (secondary N) is 4. The molecule has 0 saturated heterocycles. The maximum atomic E-state index is 11.8. The van der Waals surface area contributed by atoms with E-state index in [0.717, 1.165) is 27.6 Å². The molecule has 3 heterocycles. The minimum atomic E-state index is -0.588. The van der Waals surface area contributed by atoms with Crippen molar-refractivity contribution in [2.24, 2.45) is 0 Å². The number of benzene rings is 1. The van der Waals surface area contributed by atoms with Gasteiger partial charge in [0, 0.05) is 35.7 Å². The number of aromatic amines is 3. The molecule has 1 aromatic carbocycles. The summed E-state index contributed by atoms with van der Waals surface area (Å²) in [6, 6.07) is 9.49. The molecular weight excluding hydrogens is 414 g/mol. The van der Waals surface area contributed by atoms with E-state index in [1.54, 1.807) is 13.2 Å². The topological polar surface area (TPSA) is 124 Å². The van der Waals surface area contributed by atoms with E-state index >= 15 is 0 Å². The molecule has 4 aromatic rings. The van der Waals surface area contributed by atoms with Crippen LogP contribution < -0.4 is 10.9 Å². The van der Waals surface area contributed by atoms with E-state index in [1.165, 1.54) is 24.6 Å². The summed E-state index contributed by atoms with van der Waals surface area (Å²) in [4.78, 5) is 22.1. The molecular formula is C21H23N7O2S. The summed E-state index contributed by atoms with van der Waals surface area (Å²) in [7, 11) is 1.66. The number of fused-ring (bicyclic) bond motifs is 1. The lowest BCUT2D eigenvalue weighted by atomic mass is 10.1. The summed E-state index contributed by atoms with van der Waals surface area (Å²) >= 11 is 1.42. The van der Waals surface area contributed by atoms with Gasteiger partial charge in [-0.25, -0.2) is 9.97 Å². The monoisotopic (exact) mass is 437 g/mol. The fraction of sp³-hybridized carbons (Fsp3) is 0.333. The first-order valence-corrected chi connectivity index (χ1v) is 10.9. The van der Waals surface area contributed by atoms with Crippen molar-refractivity contribution in [2.75, 3.05) is 12.4 Å². The molecule has 5 rings (SSSR count). The molecule has 0 aliphatic heterocycles. The van der Waals surface area contributed by atoms with Gasteiger partial charge in [-0.15, -0.1) is 0 Å². The van der Waals surface area contributed by atoms with Crippen molar-refractivity contribution < 1.29 is 4.74 Å². The largest absolute Gasteiger partial charge is 0.373 e. The number of H-pyrrole nitrogens is 3. The number of methoxy groups -OCH3 is 1. The molecule has 0 atom stereocenters. The number of rotatable bonds is 7. The van der Waals surface area contributed by atoms with Crippen LogP contribution in [0.4, 0.5) is 11.6 Å². The third kappa shape index (κ3) is 4.08. The summed E-state index contributed by atoms with van der Waals surface area (Å²) < 4.78 is 5.65. The van der Waals surface area contributed by atoms with Gasteiger partial charge in [0.15, 0.2) is 11.0 Å². The summed E-state index contributed by atoms with van der Waals surface area (Å²) in [5, 5.41) is 17.4. The van der Waals surface area contributed by atoms with E-state index in [1.807, 2.05) is 38.1 Å². The Labute approximate surface area is 182 Å². The van der Waals surface area contributed by atoms with Crippen LogP contribution >= 0.6 is 11.8 Å². The first-order chi connectivity index (χ1) is 14.9. The van der Waals surface area contributed by atoms with Crippen molar-refractivity contribution >= 4 is 34.3 Å². The van der Waals surface area contributed by atoms with Gasteiger partial charge in [0.25, 0.3) is 5.56 Å². The smallest absolute Gasteiger partial charge is 0.271 e. The van der Waals surface area contributed by atoms with Crippen LogP contribution in [-0.4, -0.2) is 37.5 Å². The van der Waals surface area contributed by atoms with Gasteiger partial charge >= 0.3 is 0 Å². The number of anilines is 2. The number of hydrogen-bond acceptors (Lipinski definition) is 7. The Morgan fingerprint density at radius 3 is 2.74 bits per heavy atom. The van der Waals surface area contributed by atoms with Gasteiger partial charge < -0.3 is 10.1 Å². The van der Waals surface area contributed by atoms with Crippen LogP contribution in [0.2, 0.25) is 0 Å². The van der Waals surface area contributed by atoms with Gasteiger partial charge in [-0.3, -0.25) is 20.1 Å². The number of aromatic nitrogens is 6. The van der Waals surface area contributed by atoms with Crippen molar-refractivity contribution in [3.8, 4) is 0 Å². The van der Waals surface area contributed by atoms with Crippen LogP contribution in [0.15, 0.2) is 45.2 Å². The molecule has 160 valence electrons. The molecule has 0 radical (unpaired) electrons. The number of ether oxygens (including phenoxy) is 1. The second kappa shape index (κ2) is 7.54. The first-order valence-electron chi connectivity index (χ1n) is 10.1. The Hall–Kier alpha value is -3.11. The molecule has 1 aliphatic rings. The predicted molar refractivity (Wildman–Crippen MR) is 119 cm³/mol. The molecule has 31 heavy (non-hydrogen) atoms. The SMILES string of the molecule is COC(C)(C)c1cc(Nc2cc(C3CC3)[nH]n2)nc(Sc2ccc3c(=O)[nH][nH]c3c2)n1. The van der Waals surface area contributed by atoms with Gasteiger partial charge in [0.05, 0.1) is 16.6 Å². The zero-order valence-electron chi connectivity index (χ0n) is 17.4. The highest BCUT2D eigenvalue weighted by Gasteiger charge is 2.26. The van der Waals surface area contributed by atoms with Gasteiger partial charge in [-0.1, -0.05) is 0 Å². The third-order valence-corrected chi connectivity index (χ3v) is 6.31. The number of nitrogens with zero attached hydrogens (tertiary/aromatic N) is 3. The van der Waals surface area contributed by atoms with Gasteiger partial charge in [-0.2, -0.15) is 5.10 Å². The minimum absolute atomic E-state index is 0.136. The van der Waals surface area contributed by atoms with Gasteiger partial charge in [-0.05, 0) is 56.7 Å². The average molecular weight is 438 g/mol. The Balaban J connectivity index is 1.47. The molecule has 4 N–H and O–H groups in total. The van der Waals surface area contributed by atoms with Crippen molar-refractivity contribution in [3.05, 3.63) is 52.1 Å². The lowest BCUT2D eigenvalue weighted by Gasteiger charge is -2.23. The fourth-order valence-electron chi connectivity index (χ4n) is 3.27. The van der Waals surface area contributed by atoms with E-state index in [-0.39, 0.29) is 5.56 Å². The highest BCUT2D eigenvalue weighted by atomic mass is 32.2. The van der Waals surface area contributed by atoms with Crippen LogP contribution in [0.1, 0.15) is 44.0 Å². The van der Waals surface area contributed by atoms with Gasteiger partial charge in [0.1, 0.15) is 11.4 Å². The molecule has 1 saturated carbocycles. The summed E-state index contributed by atoms with van der Waals surface area (Å²) in [5.41, 5.74) is 1.92. The average Bonchev–Trinajstić information content (AvgIpc) is 3.40. The Morgan fingerprint density at radius 2 is 1.97 bits per heavy atom. The van der Waals surface area contributed by atoms with E-state index in [2.05, 4.69) is 30.7 Å². The fourth-order valence-corrected chi connectivity index (χ4v) is 4.08. The van der Waals surface area contributed by atoms with E-state index in [4.69, 9.17) is 9.72 Å². The lowest BCUT2D eigenvalue weighted by molar-refractivity contribution is 0.0149. The van der Waals surface area contributed by atoms with Crippen LogP contribution in [0.5, 0.6) is 0 Å². The zero-order chi connectivity index (χ0) is 21.6. The predicted octanol–water partition coefficient (Wildman–Crippen LogP) is 4.02. The molecule has 10 heteroatoms. The Bertz CT molecular complexity index is 1300. The second-order valence-electron chi connectivity index (χ2n) is 8.13. The van der Waals surface area contributed by atoms with Crippen LogP contribution in [0.3, 0.4) is 0 Å². The van der Waals surface area contributed by atoms with E-state index in [9.17, 15) is 4.79 Å². The third-order valence-electron chi connectivity index (χ3n) is 5.46.